The first kappa shape index (κ1) is 17.8. The fourth-order valence-corrected chi connectivity index (χ4v) is 3.01. The van der Waals surface area contributed by atoms with Crippen LogP contribution in [-0.4, -0.2) is 58.3 Å². The topological polar surface area (TPSA) is 113 Å². The maximum Gasteiger partial charge on any atom is 0.271 e. The van der Waals surface area contributed by atoms with Gasteiger partial charge in [-0.1, -0.05) is 0 Å². The molecule has 0 unspecified atom stereocenters. The van der Waals surface area contributed by atoms with Gasteiger partial charge in [-0.15, -0.1) is 0 Å². The molecule has 8 heteroatoms. The number of ether oxygens (including phenoxy) is 1. The second-order valence-corrected chi connectivity index (χ2v) is 6.58. The van der Waals surface area contributed by atoms with Crippen molar-refractivity contribution >= 4 is 11.8 Å². The van der Waals surface area contributed by atoms with Crippen LogP contribution in [0.4, 0.5) is 0 Å². The van der Waals surface area contributed by atoms with E-state index in [1.165, 1.54) is 18.6 Å². The average molecular weight is 348 g/mol. The zero-order chi connectivity index (χ0) is 17.6. The molecular formula is C17H24N4O4. The lowest BCUT2D eigenvalue weighted by atomic mass is 9.97. The van der Waals surface area contributed by atoms with E-state index in [4.69, 9.17) is 4.74 Å². The molecule has 136 valence electrons. The van der Waals surface area contributed by atoms with Gasteiger partial charge in [0.15, 0.2) is 0 Å². The van der Waals surface area contributed by atoms with Crippen LogP contribution in [-0.2, 0) is 9.53 Å². The summed E-state index contributed by atoms with van der Waals surface area (Å²) in [7, 11) is 0. The van der Waals surface area contributed by atoms with E-state index < -0.39 is 6.10 Å². The third-order valence-corrected chi connectivity index (χ3v) is 4.62. The average Bonchev–Trinajstić information content (AvgIpc) is 3.48. The normalized spacial score (nSPS) is 26.0. The summed E-state index contributed by atoms with van der Waals surface area (Å²) in [5, 5.41) is 15.3. The van der Waals surface area contributed by atoms with Gasteiger partial charge >= 0.3 is 0 Å². The molecule has 1 aliphatic heterocycles. The van der Waals surface area contributed by atoms with Crippen LogP contribution in [0, 0.1) is 5.92 Å². The summed E-state index contributed by atoms with van der Waals surface area (Å²) >= 11 is 0. The number of nitrogens with one attached hydrogen (secondary N) is 2. The fraction of sp³-hybridized carbons (Fsp3) is 0.647. The highest BCUT2D eigenvalue weighted by molar-refractivity contribution is 5.91. The van der Waals surface area contributed by atoms with Gasteiger partial charge in [0, 0.05) is 24.9 Å². The Morgan fingerprint density at radius 2 is 2.08 bits per heavy atom. The van der Waals surface area contributed by atoms with Crippen LogP contribution in [0.15, 0.2) is 18.6 Å². The molecule has 3 atom stereocenters. The summed E-state index contributed by atoms with van der Waals surface area (Å²) < 4.78 is 5.89. The lowest BCUT2D eigenvalue weighted by Gasteiger charge is -2.36. The number of hydrogen-bond donors (Lipinski definition) is 3. The first-order chi connectivity index (χ1) is 12.2. The largest absolute Gasteiger partial charge is 0.394 e. The van der Waals surface area contributed by atoms with Gasteiger partial charge in [0.05, 0.1) is 24.9 Å². The number of aromatic nitrogens is 2. The second-order valence-electron chi connectivity index (χ2n) is 6.58. The number of aliphatic hydroxyl groups excluding tert-OH is 1. The standard InChI is InChI=1S/C17H24N4O4/c22-10-15-13(21-16(23)11-1-2-11)4-3-12(25-15)5-6-20-17(24)14-9-18-7-8-19-14/h7-9,11-13,15,22H,1-6,10H2,(H,20,24)(H,21,23)/t12-,13-,15+/m0/s1. The minimum absolute atomic E-state index is 0.0478. The number of rotatable bonds is 7. The number of carbonyl (C=O) groups is 2. The molecule has 2 heterocycles. The van der Waals surface area contributed by atoms with Crippen LogP contribution in [0.2, 0.25) is 0 Å². The number of amides is 2. The molecule has 1 saturated heterocycles. The number of hydrogen-bond acceptors (Lipinski definition) is 6. The van der Waals surface area contributed by atoms with Gasteiger partial charge in [-0.3, -0.25) is 14.6 Å². The summed E-state index contributed by atoms with van der Waals surface area (Å²) in [5.74, 6) is -0.0488. The minimum Gasteiger partial charge on any atom is -0.394 e. The number of nitrogens with zero attached hydrogens (tertiary/aromatic N) is 2. The van der Waals surface area contributed by atoms with Crippen molar-refractivity contribution in [1.29, 1.82) is 0 Å². The Morgan fingerprint density at radius 1 is 1.24 bits per heavy atom. The predicted molar refractivity (Wildman–Crippen MR) is 88.6 cm³/mol. The van der Waals surface area contributed by atoms with E-state index >= 15 is 0 Å². The zero-order valence-corrected chi connectivity index (χ0v) is 14.1. The minimum atomic E-state index is -0.392. The molecule has 3 rings (SSSR count). The van der Waals surface area contributed by atoms with Crippen molar-refractivity contribution in [3.05, 3.63) is 24.3 Å². The summed E-state index contributed by atoms with van der Waals surface area (Å²) in [6.45, 7) is 0.329. The first-order valence-electron chi connectivity index (χ1n) is 8.78. The quantitative estimate of drug-likeness (QED) is 0.641. The van der Waals surface area contributed by atoms with Crippen molar-refractivity contribution in [3.63, 3.8) is 0 Å². The van der Waals surface area contributed by atoms with Gasteiger partial charge in [-0.2, -0.15) is 0 Å². The van der Waals surface area contributed by atoms with Crippen molar-refractivity contribution in [1.82, 2.24) is 20.6 Å². The Hall–Kier alpha value is -2.06. The van der Waals surface area contributed by atoms with Crippen molar-refractivity contribution in [2.75, 3.05) is 13.2 Å². The van der Waals surface area contributed by atoms with Crippen molar-refractivity contribution in [3.8, 4) is 0 Å². The van der Waals surface area contributed by atoms with Crippen molar-refractivity contribution in [2.24, 2.45) is 5.92 Å². The van der Waals surface area contributed by atoms with Gasteiger partial charge in [-0.05, 0) is 32.1 Å². The third kappa shape index (κ3) is 4.96. The van der Waals surface area contributed by atoms with Crippen molar-refractivity contribution in [2.45, 2.75) is 50.4 Å². The summed E-state index contributed by atoms with van der Waals surface area (Å²) in [5.41, 5.74) is 0.281. The zero-order valence-electron chi connectivity index (χ0n) is 14.1. The molecule has 0 spiro atoms. The predicted octanol–water partition coefficient (Wildman–Crippen LogP) is 0.0312. The molecule has 0 aromatic carbocycles. The number of aliphatic hydroxyl groups is 1. The summed E-state index contributed by atoms with van der Waals surface area (Å²) in [4.78, 5) is 31.6. The molecule has 25 heavy (non-hydrogen) atoms. The molecule has 2 aliphatic rings. The van der Waals surface area contributed by atoms with E-state index in [0.717, 1.165) is 25.7 Å². The molecule has 0 bridgehead atoms. The smallest absolute Gasteiger partial charge is 0.271 e. The molecule has 3 N–H and O–H groups in total. The Balaban J connectivity index is 1.40. The molecule has 2 amide bonds. The van der Waals surface area contributed by atoms with Gasteiger partial charge < -0.3 is 20.5 Å². The lowest BCUT2D eigenvalue weighted by Crippen LogP contribution is -2.51. The molecule has 1 aromatic heterocycles. The van der Waals surface area contributed by atoms with Crippen LogP contribution >= 0.6 is 0 Å². The van der Waals surface area contributed by atoms with Crippen LogP contribution in [0.3, 0.4) is 0 Å². The molecule has 1 aliphatic carbocycles. The molecule has 0 radical (unpaired) electrons. The fourth-order valence-electron chi connectivity index (χ4n) is 3.01. The Labute approximate surface area is 146 Å². The van der Waals surface area contributed by atoms with Gasteiger partial charge in [0.2, 0.25) is 5.91 Å². The highest BCUT2D eigenvalue weighted by atomic mass is 16.5. The van der Waals surface area contributed by atoms with E-state index in [1.54, 1.807) is 0 Å². The molecular weight excluding hydrogens is 324 g/mol. The summed E-state index contributed by atoms with van der Waals surface area (Å²) in [6, 6.07) is -0.136. The van der Waals surface area contributed by atoms with Crippen LogP contribution < -0.4 is 10.6 Å². The highest BCUT2D eigenvalue weighted by Gasteiger charge is 2.36. The highest BCUT2D eigenvalue weighted by Crippen LogP contribution is 2.30. The molecule has 1 saturated carbocycles. The summed E-state index contributed by atoms with van der Waals surface area (Å²) in [6.07, 6.45) is 8.08. The third-order valence-electron chi connectivity index (χ3n) is 4.62. The van der Waals surface area contributed by atoms with E-state index in [9.17, 15) is 14.7 Å². The van der Waals surface area contributed by atoms with E-state index in [-0.39, 0.29) is 42.2 Å². The monoisotopic (exact) mass is 348 g/mol. The number of carbonyl (C=O) groups excluding carboxylic acids is 2. The van der Waals surface area contributed by atoms with E-state index in [0.29, 0.717) is 13.0 Å². The van der Waals surface area contributed by atoms with Gasteiger partial charge in [-0.25, -0.2) is 4.98 Å². The van der Waals surface area contributed by atoms with Crippen LogP contribution in [0.1, 0.15) is 42.6 Å². The molecule has 1 aromatic rings. The second kappa shape index (κ2) is 8.35. The van der Waals surface area contributed by atoms with Crippen LogP contribution in [0.25, 0.3) is 0 Å². The van der Waals surface area contributed by atoms with Gasteiger partial charge in [0.25, 0.3) is 5.91 Å². The van der Waals surface area contributed by atoms with E-state index in [1.807, 2.05) is 0 Å². The lowest BCUT2D eigenvalue weighted by molar-refractivity contribution is -0.129. The maximum atomic E-state index is 11.9. The maximum absolute atomic E-state index is 11.9. The van der Waals surface area contributed by atoms with E-state index in [2.05, 4.69) is 20.6 Å². The van der Waals surface area contributed by atoms with Crippen molar-refractivity contribution < 1.29 is 19.4 Å². The Bertz CT molecular complexity index is 594. The van der Waals surface area contributed by atoms with Gasteiger partial charge in [0.1, 0.15) is 11.8 Å². The van der Waals surface area contributed by atoms with Crippen LogP contribution in [0.5, 0.6) is 0 Å². The molecule has 2 fully saturated rings. The Morgan fingerprint density at radius 3 is 2.76 bits per heavy atom. The Kier molecular flexibility index (Phi) is 5.93. The first-order valence-corrected chi connectivity index (χ1v) is 8.78. The SMILES string of the molecule is O=C(NCC[C@@H]1CC[C@H](NC(=O)C2CC2)[C@@H](CO)O1)c1cnccn1. The molecule has 8 nitrogen and oxygen atoms in total.